The number of imide groups is 1. The van der Waals surface area contributed by atoms with Crippen molar-refractivity contribution in [2.24, 2.45) is 0 Å². The van der Waals surface area contributed by atoms with Gasteiger partial charge in [-0.05, 0) is 49.6 Å². The molecule has 172 valence electrons. The minimum atomic E-state index is -0.553. The standard InChI is InChI=1S/C24H24FN3O3S2/c1-3-12-28-22(30)18-14-17(4-2)32-20(18)26-24(28)33-19-7-5-6-13-27(23(19)31)21(29)15-8-10-16(25)11-9-15/h3,8-11,14,19H,1,4-7,12-13H2,2H3/t19-/m0/s1. The first-order valence-corrected chi connectivity index (χ1v) is 12.5. The third-order valence-corrected chi connectivity index (χ3v) is 7.97. The number of allylic oxidation sites excluding steroid dienone is 1. The molecule has 2 aromatic heterocycles. The first-order valence-electron chi connectivity index (χ1n) is 10.8. The maximum absolute atomic E-state index is 13.4. The Morgan fingerprint density at radius 1 is 1.30 bits per heavy atom. The zero-order valence-corrected chi connectivity index (χ0v) is 19.9. The average molecular weight is 486 g/mol. The van der Waals surface area contributed by atoms with Gasteiger partial charge in [0.25, 0.3) is 11.5 Å². The molecule has 2 amide bonds. The topological polar surface area (TPSA) is 72.3 Å². The lowest BCUT2D eigenvalue weighted by Gasteiger charge is -2.23. The Labute approximate surface area is 199 Å². The predicted octanol–water partition coefficient (Wildman–Crippen LogP) is 4.66. The first kappa shape index (κ1) is 23.4. The molecule has 6 nitrogen and oxygen atoms in total. The Morgan fingerprint density at radius 2 is 2.06 bits per heavy atom. The van der Waals surface area contributed by atoms with Crippen LogP contribution in [-0.4, -0.2) is 38.1 Å². The molecule has 1 atom stereocenters. The molecule has 0 saturated carbocycles. The van der Waals surface area contributed by atoms with Crippen molar-refractivity contribution in [2.45, 2.75) is 49.6 Å². The van der Waals surface area contributed by atoms with Gasteiger partial charge in [0.05, 0.1) is 10.6 Å². The van der Waals surface area contributed by atoms with E-state index in [2.05, 4.69) is 6.58 Å². The van der Waals surface area contributed by atoms with E-state index in [0.717, 1.165) is 17.7 Å². The SMILES string of the molecule is C=CCn1c(S[C@H]2CCCCN(C(=O)c3ccc(F)cc3)C2=O)nc2sc(CC)cc2c1=O. The molecule has 1 fully saturated rings. The Balaban J connectivity index is 1.67. The smallest absolute Gasteiger partial charge is 0.263 e. The molecular weight excluding hydrogens is 461 g/mol. The van der Waals surface area contributed by atoms with Crippen LogP contribution in [0.3, 0.4) is 0 Å². The zero-order chi connectivity index (χ0) is 23.5. The summed E-state index contributed by atoms with van der Waals surface area (Å²) >= 11 is 2.70. The number of carbonyl (C=O) groups is 2. The predicted molar refractivity (Wildman–Crippen MR) is 129 cm³/mol. The van der Waals surface area contributed by atoms with Crippen molar-refractivity contribution in [1.29, 1.82) is 0 Å². The van der Waals surface area contributed by atoms with Crippen molar-refractivity contribution in [2.75, 3.05) is 6.54 Å². The van der Waals surface area contributed by atoms with Gasteiger partial charge in [-0.15, -0.1) is 17.9 Å². The van der Waals surface area contributed by atoms with Crippen LogP contribution in [0.2, 0.25) is 0 Å². The second-order valence-electron chi connectivity index (χ2n) is 7.79. The molecule has 33 heavy (non-hydrogen) atoms. The maximum Gasteiger partial charge on any atom is 0.263 e. The van der Waals surface area contributed by atoms with Crippen molar-refractivity contribution in [3.05, 3.63) is 69.6 Å². The lowest BCUT2D eigenvalue weighted by atomic mass is 10.2. The number of amides is 2. The Bertz CT molecular complexity index is 1270. The molecule has 1 aliphatic heterocycles. The number of nitrogens with zero attached hydrogens (tertiary/aromatic N) is 3. The summed E-state index contributed by atoms with van der Waals surface area (Å²) in [5, 5.41) is 0.470. The number of rotatable bonds is 6. The van der Waals surface area contributed by atoms with Crippen LogP contribution >= 0.6 is 23.1 Å². The molecule has 0 N–H and O–H groups in total. The molecule has 0 aliphatic carbocycles. The van der Waals surface area contributed by atoms with Crippen molar-refractivity contribution in [1.82, 2.24) is 14.5 Å². The molecule has 4 rings (SSSR count). The maximum atomic E-state index is 13.4. The summed E-state index contributed by atoms with van der Waals surface area (Å²) in [5.74, 6) is -1.19. The summed E-state index contributed by atoms with van der Waals surface area (Å²) in [7, 11) is 0. The Morgan fingerprint density at radius 3 is 2.76 bits per heavy atom. The van der Waals surface area contributed by atoms with E-state index in [1.165, 1.54) is 56.8 Å². The summed E-state index contributed by atoms with van der Waals surface area (Å²) in [4.78, 5) is 47.2. The van der Waals surface area contributed by atoms with Gasteiger partial charge in [-0.1, -0.05) is 31.2 Å². The largest absolute Gasteiger partial charge is 0.283 e. The van der Waals surface area contributed by atoms with Crippen LogP contribution in [0.4, 0.5) is 4.39 Å². The number of benzene rings is 1. The summed E-state index contributed by atoms with van der Waals surface area (Å²) in [6.45, 7) is 6.36. The summed E-state index contributed by atoms with van der Waals surface area (Å²) in [6, 6.07) is 7.07. The normalized spacial score (nSPS) is 16.7. The second kappa shape index (κ2) is 10.0. The van der Waals surface area contributed by atoms with E-state index in [-0.39, 0.29) is 23.6 Å². The highest BCUT2D eigenvalue weighted by Gasteiger charge is 2.33. The van der Waals surface area contributed by atoms with Crippen LogP contribution in [0.15, 0.2) is 52.9 Å². The van der Waals surface area contributed by atoms with Gasteiger partial charge in [0.2, 0.25) is 5.91 Å². The third kappa shape index (κ3) is 4.79. The number of fused-ring (bicyclic) bond motifs is 1. The van der Waals surface area contributed by atoms with Gasteiger partial charge >= 0.3 is 0 Å². The number of aromatic nitrogens is 2. The van der Waals surface area contributed by atoms with E-state index < -0.39 is 17.0 Å². The van der Waals surface area contributed by atoms with E-state index in [0.29, 0.717) is 34.8 Å². The number of thioether (sulfide) groups is 1. The zero-order valence-electron chi connectivity index (χ0n) is 18.3. The number of hydrogen-bond donors (Lipinski definition) is 0. The Hall–Kier alpha value is -2.78. The van der Waals surface area contributed by atoms with Crippen molar-refractivity contribution >= 4 is 45.1 Å². The van der Waals surface area contributed by atoms with Crippen LogP contribution in [0, 0.1) is 5.82 Å². The van der Waals surface area contributed by atoms with Crippen molar-refractivity contribution < 1.29 is 14.0 Å². The molecule has 3 heterocycles. The number of likely N-dealkylation sites (tertiary alicyclic amines) is 1. The molecule has 0 bridgehead atoms. The van der Waals surface area contributed by atoms with Crippen LogP contribution in [0.25, 0.3) is 10.2 Å². The summed E-state index contributed by atoms with van der Waals surface area (Å²) < 4.78 is 14.8. The summed E-state index contributed by atoms with van der Waals surface area (Å²) in [6.07, 6.45) is 4.47. The first-order chi connectivity index (χ1) is 15.9. The van der Waals surface area contributed by atoms with Gasteiger partial charge in [-0.25, -0.2) is 9.37 Å². The highest BCUT2D eigenvalue weighted by atomic mass is 32.2. The molecule has 0 unspecified atom stereocenters. The fourth-order valence-electron chi connectivity index (χ4n) is 3.80. The van der Waals surface area contributed by atoms with Gasteiger partial charge in [-0.3, -0.25) is 23.9 Å². The van der Waals surface area contributed by atoms with Gasteiger partial charge in [0.1, 0.15) is 10.6 Å². The van der Waals surface area contributed by atoms with E-state index in [4.69, 9.17) is 4.98 Å². The van der Waals surface area contributed by atoms with Crippen molar-refractivity contribution in [3.63, 3.8) is 0 Å². The minimum absolute atomic E-state index is 0.154. The number of hydrogen-bond acceptors (Lipinski definition) is 6. The van der Waals surface area contributed by atoms with Crippen LogP contribution in [-0.2, 0) is 17.8 Å². The van der Waals surface area contributed by atoms with E-state index in [1.54, 1.807) is 6.08 Å². The monoisotopic (exact) mass is 485 g/mol. The number of thiophene rings is 1. The molecule has 1 saturated heterocycles. The average Bonchev–Trinajstić information content (AvgIpc) is 3.15. The fraction of sp³-hybridized carbons (Fsp3) is 0.333. The fourth-order valence-corrected chi connectivity index (χ4v) is 6.01. The van der Waals surface area contributed by atoms with Crippen LogP contribution < -0.4 is 5.56 Å². The second-order valence-corrected chi connectivity index (χ2v) is 10.1. The third-order valence-electron chi connectivity index (χ3n) is 5.55. The number of halogens is 1. The van der Waals surface area contributed by atoms with Crippen molar-refractivity contribution in [3.8, 4) is 0 Å². The molecule has 9 heteroatoms. The molecule has 1 aliphatic rings. The van der Waals surface area contributed by atoms with Gasteiger partial charge in [-0.2, -0.15) is 0 Å². The highest BCUT2D eigenvalue weighted by Crippen LogP contribution is 2.31. The Kier molecular flexibility index (Phi) is 7.09. The quantitative estimate of drug-likeness (QED) is 0.289. The number of aryl methyl sites for hydroxylation is 1. The molecule has 0 spiro atoms. The molecule has 3 aromatic rings. The highest BCUT2D eigenvalue weighted by molar-refractivity contribution is 8.00. The van der Waals surface area contributed by atoms with E-state index in [9.17, 15) is 18.8 Å². The lowest BCUT2D eigenvalue weighted by Crippen LogP contribution is -2.41. The molecular formula is C24H24FN3O3S2. The number of carbonyl (C=O) groups excluding carboxylic acids is 2. The lowest BCUT2D eigenvalue weighted by molar-refractivity contribution is -0.127. The van der Waals surface area contributed by atoms with E-state index in [1.807, 2.05) is 13.0 Å². The van der Waals surface area contributed by atoms with Crippen LogP contribution in [0.1, 0.15) is 41.4 Å². The van der Waals surface area contributed by atoms with Gasteiger partial charge in [0, 0.05) is 23.5 Å². The van der Waals surface area contributed by atoms with Crippen LogP contribution in [0.5, 0.6) is 0 Å². The molecule has 0 radical (unpaired) electrons. The summed E-state index contributed by atoms with van der Waals surface area (Å²) in [5.41, 5.74) is 0.114. The minimum Gasteiger partial charge on any atom is -0.283 e. The van der Waals surface area contributed by atoms with Gasteiger partial charge < -0.3 is 0 Å². The van der Waals surface area contributed by atoms with E-state index >= 15 is 0 Å². The molecule has 1 aromatic carbocycles. The van der Waals surface area contributed by atoms with Gasteiger partial charge in [0.15, 0.2) is 5.16 Å².